The van der Waals surface area contributed by atoms with Crippen LogP contribution in [0.4, 0.5) is 0 Å². The van der Waals surface area contributed by atoms with Gasteiger partial charge in [0.2, 0.25) is 0 Å². The Kier molecular flexibility index (Phi) is 3.00. The van der Waals surface area contributed by atoms with Crippen LogP contribution in [0.5, 0.6) is 0 Å². The smallest absolute Gasteiger partial charge is 0.196 e. The second-order valence-corrected chi connectivity index (χ2v) is 1.47. The molecule has 7 heavy (non-hydrogen) atoms. The molecule has 0 saturated carbocycles. The summed E-state index contributed by atoms with van der Waals surface area (Å²) in [6.07, 6.45) is -1.03. The fraction of sp³-hybridized carbons (Fsp3) is 0.500. The molecule has 0 aromatic rings. The summed E-state index contributed by atoms with van der Waals surface area (Å²) >= 11 is 4.74. The molecule has 0 heterocycles. The zero-order valence-electron chi connectivity index (χ0n) is 4.02. The standard InChI is InChI=1S/C4H7ClO2/c1-3(2)4(6)7-5/h4,6H,1H2,2H3. The van der Waals surface area contributed by atoms with Crippen LogP contribution in [0.3, 0.4) is 0 Å². The SMILES string of the molecule is C=C(C)C(O)OCl. The summed E-state index contributed by atoms with van der Waals surface area (Å²) in [6, 6.07) is 0. The molecule has 0 saturated heterocycles. The third-order valence-corrected chi connectivity index (χ3v) is 0.675. The van der Waals surface area contributed by atoms with Crippen molar-refractivity contribution in [3.05, 3.63) is 12.2 Å². The highest BCUT2D eigenvalue weighted by Gasteiger charge is 1.99. The maximum atomic E-state index is 8.48. The van der Waals surface area contributed by atoms with Gasteiger partial charge in [0, 0.05) is 0 Å². The molecule has 3 heteroatoms. The molecular weight excluding hydrogens is 115 g/mol. The Balaban J connectivity index is 3.34. The van der Waals surface area contributed by atoms with Crippen LogP contribution in [0.1, 0.15) is 6.92 Å². The molecule has 0 amide bonds. The van der Waals surface area contributed by atoms with Crippen molar-refractivity contribution in [1.82, 2.24) is 0 Å². The van der Waals surface area contributed by atoms with E-state index in [0.29, 0.717) is 5.57 Å². The van der Waals surface area contributed by atoms with E-state index in [1.54, 1.807) is 6.92 Å². The van der Waals surface area contributed by atoms with Crippen LogP contribution in [0.2, 0.25) is 0 Å². The van der Waals surface area contributed by atoms with E-state index in [1.165, 1.54) is 0 Å². The molecule has 0 aromatic carbocycles. The summed E-state index contributed by atoms with van der Waals surface area (Å²) in [5.74, 6) is 0. The Bertz CT molecular complexity index is 72.1. The minimum Gasteiger partial charge on any atom is -0.363 e. The number of hydrogen-bond acceptors (Lipinski definition) is 2. The van der Waals surface area contributed by atoms with Gasteiger partial charge in [-0.2, -0.15) is 0 Å². The van der Waals surface area contributed by atoms with E-state index in [0.717, 1.165) is 0 Å². The first-order valence-electron chi connectivity index (χ1n) is 1.79. The van der Waals surface area contributed by atoms with Gasteiger partial charge in [-0.1, -0.05) is 6.58 Å². The van der Waals surface area contributed by atoms with Crippen molar-refractivity contribution in [3.8, 4) is 0 Å². The molecular formula is C4H7ClO2. The first-order valence-corrected chi connectivity index (χ1v) is 2.10. The van der Waals surface area contributed by atoms with E-state index in [2.05, 4.69) is 10.9 Å². The fourth-order valence-electron chi connectivity index (χ4n) is 0.0760. The molecule has 0 aliphatic carbocycles. The van der Waals surface area contributed by atoms with Gasteiger partial charge >= 0.3 is 0 Å². The summed E-state index contributed by atoms with van der Waals surface area (Å²) in [5, 5.41) is 8.48. The van der Waals surface area contributed by atoms with Crippen LogP contribution in [0, 0.1) is 0 Å². The molecule has 1 unspecified atom stereocenters. The predicted octanol–water partition coefficient (Wildman–Crippen LogP) is 1.05. The van der Waals surface area contributed by atoms with Crippen molar-refractivity contribution in [2.45, 2.75) is 13.2 Å². The minimum atomic E-state index is -1.03. The van der Waals surface area contributed by atoms with Crippen LogP contribution in [-0.4, -0.2) is 11.4 Å². The van der Waals surface area contributed by atoms with Gasteiger partial charge in [0.1, 0.15) is 0 Å². The molecule has 1 atom stereocenters. The van der Waals surface area contributed by atoms with Gasteiger partial charge in [-0.15, -0.1) is 0 Å². The molecule has 0 aromatic heterocycles. The van der Waals surface area contributed by atoms with E-state index >= 15 is 0 Å². The van der Waals surface area contributed by atoms with Crippen LogP contribution in [0.25, 0.3) is 0 Å². The molecule has 0 bridgehead atoms. The highest BCUT2D eigenvalue weighted by Crippen LogP contribution is 1.99. The molecule has 2 nitrogen and oxygen atoms in total. The first-order chi connectivity index (χ1) is 3.18. The fourth-order valence-corrected chi connectivity index (χ4v) is 0.228. The van der Waals surface area contributed by atoms with E-state index in [4.69, 9.17) is 17.0 Å². The molecule has 0 radical (unpaired) electrons. The summed E-state index contributed by atoms with van der Waals surface area (Å²) in [4.78, 5) is 0. The Morgan fingerprint density at radius 1 is 2.00 bits per heavy atom. The second kappa shape index (κ2) is 3.02. The van der Waals surface area contributed by atoms with Crippen LogP contribution < -0.4 is 0 Å². The largest absolute Gasteiger partial charge is 0.363 e. The van der Waals surface area contributed by atoms with E-state index in [1.807, 2.05) is 0 Å². The Morgan fingerprint density at radius 3 is 2.43 bits per heavy atom. The van der Waals surface area contributed by atoms with Crippen molar-refractivity contribution < 1.29 is 9.40 Å². The van der Waals surface area contributed by atoms with Crippen molar-refractivity contribution in [2.24, 2.45) is 0 Å². The minimum absolute atomic E-state index is 0.495. The Labute approximate surface area is 47.5 Å². The number of hydrogen-bond donors (Lipinski definition) is 1. The molecule has 0 aliphatic rings. The van der Waals surface area contributed by atoms with Crippen molar-refractivity contribution in [2.75, 3.05) is 0 Å². The van der Waals surface area contributed by atoms with Crippen molar-refractivity contribution in [3.63, 3.8) is 0 Å². The third-order valence-electron chi connectivity index (χ3n) is 0.506. The maximum Gasteiger partial charge on any atom is 0.196 e. The Morgan fingerprint density at radius 2 is 2.43 bits per heavy atom. The predicted molar refractivity (Wildman–Crippen MR) is 27.8 cm³/mol. The lowest BCUT2D eigenvalue weighted by atomic mass is 10.3. The molecule has 0 fully saturated rings. The molecule has 0 spiro atoms. The average molecular weight is 123 g/mol. The number of halogens is 1. The van der Waals surface area contributed by atoms with Crippen LogP contribution >= 0.6 is 11.9 Å². The number of aliphatic hydroxyl groups is 1. The lowest BCUT2D eigenvalue weighted by Crippen LogP contribution is -2.05. The van der Waals surface area contributed by atoms with E-state index < -0.39 is 6.29 Å². The molecule has 1 N–H and O–H groups in total. The van der Waals surface area contributed by atoms with Gasteiger partial charge in [0.25, 0.3) is 0 Å². The first kappa shape index (κ1) is 6.95. The van der Waals surface area contributed by atoms with Crippen LogP contribution in [0.15, 0.2) is 12.2 Å². The van der Waals surface area contributed by atoms with Crippen molar-refractivity contribution >= 4 is 11.9 Å². The molecule has 0 aliphatic heterocycles. The number of rotatable bonds is 2. The third kappa shape index (κ3) is 2.62. The quantitative estimate of drug-likeness (QED) is 0.438. The summed E-state index contributed by atoms with van der Waals surface area (Å²) in [5.41, 5.74) is 0.495. The second-order valence-electron chi connectivity index (χ2n) is 1.29. The van der Waals surface area contributed by atoms with Gasteiger partial charge < -0.3 is 5.11 Å². The topological polar surface area (TPSA) is 29.5 Å². The highest BCUT2D eigenvalue weighted by molar-refractivity contribution is 6.07. The summed E-state index contributed by atoms with van der Waals surface area (Å²) in [6.45, 7) is 4.98. The molecule has 0 rings (SSSR count). The lowest BCUT2D eigenvalue weighted by molar-refractivity contribution is 0.0231. The Hall–Kier alpha value is -0.0500. The van der Waals surface area contributed by atoms with Gasteiger partial charge in [-0.3, -0.25) is 0 Å². The van der Waals surface area contributed by atoms with Gasteiger partial charge in [0.15, 0.2) is 6.29 Å². The lowest BCUT2D eigenvalue weighted by Gasteiger charge is -2.01. The highest BCUT2D eigenvalue weighted by atomic mass is 35.5. The summed E-state index contributed by atoms with van der Waals surface area (Å²) < 4.78 is 3.94. The van der Waals surface area contributed by atoms with Crippen molar-refractivity contribution in [1.29, 1.82) is 0 Å². The monoisotopic (exact) mass is 122 g/mol. The zero-order valence-corrected chi connectivity index (χ0v) is 4.77. The maximum absolute atomic E-state index is 8.48. The van der Waals surface area contributed by atoms with Gasteiger partial charge in [0.05, 0.1) is 11.9 Å². The average Bonchev–Trinajstić information content (AvgIpc) is 1.65. The zero-order chi connectivity index (χ0) is 5.86. The van der Waals surface area contributed by atoms with Gasteiger partial charge in [-0.25, -0.2) is 4.29 Å². The van der Waals surface area contributed by atoms with E-state index in [9.17, 15) is 0 Å². The number of aliphatic hydroxyl groups excluding tert-OH is 1. The summed E-state index contributed by atoms with van der Waals surface area (Å²) in [7, 11) is 0. The molecule has 42 valence electrons. The van der Waals surface area contributed by atoms with Gasteiger partial charge in [-0.05, 0) is 12.5 Å². The van der Waals surface area contributed by atoms with E-state index in [-0.39, 0.29) is 0 Å². The van der Waals surface area contributed by atoms with Crippen LogP contribution in [-0.2, 0) is 4.29 Å². The normalized spacial score (nSPS) is 13.6.